The van der Waals surface area contributed by atoms with Gasteiger partial charge < -0.3 is 14.2 Å². The molecule has 3 aromatic rings. The van der Waals surface area contributed by atoms with Crippen LogP contribution in [0.4, 0.5) is 5.69 Å². The first-order valence-corrected chi connectivity index (χ1v) is 10.5. The lowest BCUT2D eigenvalue weighted by Gasteiger charge is -2.36. The number of hydrogen-bond acceptors (Lipinski definition) is 4. The van der Waals surface area contributed by atoms with Crippen molar-refractivity contribution >= 4 is 52.1 Å². The number of benzene rings is 3. The molecule has 158 valence electrons. The van der Waals surface area contributed by atoms with Crippen LogP contribution in [0.25, 0.3) is 0 Å². The van der Waals surface area contributed by atoms with Crippen molar-refractivity contribution in [1.29, 1.82) is 0 Å². The fourth-order valence-corrected chi connectivity index (χ4v) is 3.73. The summed E-state index contributed by atoms with van der Waals surface area (Å²) in [6.45, 7) is 0. The number of rotatable bonds is 5. The van der Waals surface area contributed by atoms with Crippen LogP contribution >= 0.6 is 35.4 Å². The number of hydrogen-bond donors (Lipinski definition) is 0. The Kier molecular flexibility index (Phi) is 6.32. The second-order valence-electron chi connectivity index (χ2n) is 6.64. The summed E-state index contributed by atoms with van der Waals surface area (Å²) in [7, 11) is 3.24. The number of halogens is 2. The average Bonchev–Trinajstić information content (AvgIpc) is 2.80. The van der Waals surface area contributed by atoms with Gasteiger partial charge in [0.1, 0.15) is 11.5 Å². The Labute approximate surface area is 195 Å². The van der Waals surface area contributed by atoms with Gasteiger partial charge in [-0.1, -0.05) is 23.2 Å². The molecule has 3 aromatic carbocycles. The minimum absolute atomic E-state index is 0.344. The fraction of sp³-hybridized carbons (Fsp3) is 0.130. The smallest absolute Gasteiger partial charge is 0.225 e. The minimum Gasteiger partial charge on any atom is -0.497 e. The van der Waals surface area contributed by atoms with Gasteiger partial charge in [0.2, 0.25) is 17.2 Å². The maximum Gasteiger partial charge on any atom is 0.225 e. The van der Waals surface area contributed by atoms with E-state index in [2.05, 4.69) is 4.99 Å². The van der Waals surface area contributed by atoms with E-state index >= 15 is 0 Å². The predicted molar refractivity (Wildman–Crippen MR) is 128 cm³/mol. The molecule has 0 saturated carbocycles. The van der Waals surface area contributed by atoms with Gasteiger partial charge in [-0.15, -0.1) is 0 Å². The van der Waals surface area contributed by atoms with Crippen LogP contribution in [0.1, 0.15) is 17.4 Å². The number of ether oxygens (including phenoxy) is 3. The van der Waals surface area contributed by atoms with Crippen LogP contribution in [0.5, 0.6) is 11.5 Å². The molecule has 1 aliphatic heterocycles. The second kappa shape index (κ2) is 9.14. The molecule has 0 radical (unpaired) electrons. The van der Waals surface area contributed by atoms with Crippen molar-refractivity contribution in [3.63, 3.8) is 0 Å². The van der Waals surface area contributed by atoms with Crippen molar-refractivity contribution < 1.29 is 14.2 Å². The Balaban J connectivity index is 1.78. The standard InChI is InChI=1S/C23H18Cl2N2O3S/c1-28-17-8-3-14(4-9-17)21-26-23(31)27(16-7-12-19(24)20(25)13-16)22(30-21)15-5-10-18(29-2)11-6-15/h3-13,22H,1-2H3. The Hall–Kier alpha value is -2.80. The molecule has 31 heavy (non-hydrogen) atoms. The minimum atomic E-state index is -0.565. The molecule has 5 nitrogen and oxygen atoms in total. The Morgan fingerprint density at radius 1 is 0.871 bits per heavy atom. The van der Waals surface area contributed by atoms with Gasteiger partial charge in [-0.05, 0) is 78.9 Å². The topological polar surface area (TPSA) is 43.3 Å². The third-order valence-corrected chi connectivity index (χ3v) is 5.81. The van der Waals surface area contributed by atoms with Crippen LogP contribution in [-0.4, -0.2) is 25.2 Å². The Morgan fingerprint density at radius 2 is 1.48 bits per heavy atom. The van der Waals surface area contributed by atoms with Crippen LogP contribution in [0.2, 0.25) is 10.0 Å². The number of aliphatic imine (C=N–C) groups is 1. The molecule has 1 heterocycles. The van der Waals surface area contributed by atoms with Crippen LogP contribution < -0.4 is 14.4 Å². The molecule has 0 saturated heterocycles. The lowest BCUT2D eigenvalue weighted by Crippen LogP contribution is -2.40. The first-order valence-electron chi connectivity index (χ1n) is 9.32. The molecule has 8 heteroatoms. The van der Waals surface area contributed by atoms with Gasteiger partial charge in [0.05, 0.1) is 24.3 Å². The van der Waals surface area contributed by atoms with Crippen molar-refractivity contribution in [2.24, 2.45) is 4.99 Å². The maximum atomic E-state index is 6.34. The van der Waals surface area contributed by atoms with Gasteiger partial charge >= 0.3 is 0 Å². The van der Waals surface area contributed by atoms with Crippen molar-refractivity contribution in [3.05, 3.63) is 87.9 Å². The molecule has 0 fully saturated rings. The Bertz CT molecular complexity index is 1130. The Morgan fingerprint density at radius 3 is 2.06 bits per heavy atom. The zero-order valence-electron chi connectivity index (χ0n) is 16.7. The summed E-state index contributed by atoms with van der Waals surface area (Å²) in [6, 6.07) is 20.3. The highest BCUT2D eigenvalue weighted by atomic mass is 35.5. The summed E-state index contributed by atoms with van der Waals surface area (Å²) in [5.74, 6) is 1.91. The first kappa shape index (κ1) is 21.4. The van der Waals surface area contributed by atoms with E-state index in [9.17, 15) is 0 Å². The molecule has 1 unspecified atom stereocenters. The summed E-state index contributed by atoms with van der Waals surface area (Å²) < 4.78 is 16.9. The zero-order valence-corrected chi connectivity index (χ0v) is 19.0. The van der Waals surface area contributed by atoms with E-state index in [1.54, 1.807) is 31.3 Å². The van der Waals surface area contributed by atoms with Gasteiger partial charge in [0, 0.05) is 16.8 Å². The van der Waals surface area contributed by atoms with Gasteiger partial charge in [-0.3, -0.25) is 4.90 Å². The normalized spacial score (nSPS) is 15.9. The molecule has 0 amide bonds. The van der Waals surface area contributed by atoms with E-state index in [0.29, 0.717) is 21.1 Å². The van der Waals surface area contributed by atoms with Crippen molar-refractivity contribution in [2.75, 3.05) is 19.1 Å². The molecular formula is C23H18Cl2N2O3S. The highest BCUT2D eigenvalue weighted by Gasteiger charge is 2.32. The second-order valence-corrected chi connectivity index (χ2v) is 7.82. The molecule has 0 bridgehead atoms. The van der Waals surface area contributed by atoms with Crippen LogP contribution in [0.3, 0.4) is 0 Å². The highest BCUT2D eigenvalue weighted by molar-refractivity contribution is 7.80. The van der Waals surface area contributed by atoms with Gasteiger partial charge in [0.25, 0.3) is 0 Å². The lowest BCUT2D eigenvalue weighted by atomic mass is 10.1. The van der Waals surface area contributed by atoms with Crippen molar-refractivity contribution in [3.8, 4) is 11.5 Å². The molecule has 0 spiro atoms. The van der Waals surface area contributed by atoms with Crippen molar-refractivity contribution in [1.82, 2.24) is 0 Å². The molecule has 0 aliphatic carbocycles. The largest absolute Gasteiger partial charge is 0.497 e. The van der Waals surface area contributed by atoms with Gasteiger partial charge in [-0.25, -0.2) is 0 Å². The average molecular weight is 473 g/mol. The predicted octanol–water partition coefficient (Wildman–Crippen LogP) is 6.28. The van der Waals surface area contributed by atoms with E-state index in [1.807, 2.05) is 54.6 Å². The molecule has 1 aliphatic rings. The zero-order chi connectivity index (χ0) is 22.0. The summed E-state index contributed by atoms with van der Waals surface area (Å²) in [4.78, 5) is 6.34. The van der Waals surface area contributed by atoms with Crippen LogP contribution in [0.15, 0.2) is 71.7 Å². The van der Waals surface area contributed by atoms with Crippen LogP contribution in [0, 0.1) is 0 Å². The number of anilines is 1. The highest BCUT2D eigenvalue weighted by Crippen LogP contribution is 2.36. The molecule has 4 rings (SSSR count). The number of methoxy groups -OCH3 is 2. The van der Waals surface area contributed by atoms with Crippen LogP contribution in [-0.2, 0) is 4.74 Å². The molecule has 1 atom stereocenters. The molecule has 0 N–H and O–H groups in total. The van der Waals surface area contributed by atoms with E-state index in [-0.39, 0.29) is 0 Å². The summed E-state index contributed by atoms with van der Waals surface area (Å²) >= 11 is 18.0. The summed E-state index contributed by atoms with van der Waals surface area (Å²) in [5, 5.41) is 1.22. The summed E-state index contributed by atoms with van der Waals surface area (Å²) in [6.07, 6.45) is -0.565. The van der Waals surface area contributed by atoms with E-state index in [1.165, 1.54) is 0 Å². The molecule has 0 aromatic heterocycles. The van der Waals surface area contributed by atoms with Crippen molar-refractivity contribution in [2.45, 2.75) is 6.23 Å². The molecular weight excluding hydrogens is 455 g/mol. The third kappa shape index (κ3) is 4.46. The van der Waals surface area contributed by atoms with Gasteiger partial charge in [-0.2, -0.15) is 4.99 Å². The monoisotopic (exact) mass is 472 g/mol. The number of nitrogens with zero attached hydrogens (tertiary/aromatic N) is 2. The quantitative estimate of drug-likeness (QED) is 0.408. The number of thiocarbonyl (C=S) groups is 1. The summed E-state index contributed by atoms with van der Waals surface area (Å²) in [5.41, 5.74) is 2.38. The van der Waals surface area contributed by atoms with E-state index in [4.69, 9.17) is 49.6 Å². The van der Waals surface area contributed by atoms with E-state index in [0.717, 1.165) is 28.3 Å². The van der Waals surface area contributed by atoms with Gasteiger partial charge in [0.15, 0.2) is 0 Å². The SMILES string of the molecule is COc1ccc(C2=NC(=S)N(c3ccc(Cl)c(Cl)c3)C(c3ccc(OC)cc3)O2)cc1. The fourth-order valence-electron chi connectivity index (χ4n) is 3.16. The third-order valence-electron chi connectivity index (χ3n) is 4.78. The maximum absolute atomic E-state index is 6.34. The lowest BCUT2D eigenvalue weighted by molar-refractivity contribution is 0.196. The van der Waals surface area contributed by atoms with E-state index < -0.39 is 6.23 Å². The first-order chi connectivity index (χ1) is 15.0.